The van der Waals surface area contributed by atoms with Crippen LogP contribution >= 0.6 is 22.6 Å². The third-order valence-corrected chi connectivity index (χ3v) is 2.10. The summed E-state index contributed by atoms with van der Waals surface area (Å²) >= 11 is 1.52. The molecule has 0 aromatic carbocycles. The standard InChI is InChI=1S/C6H3F3INO/c7-3-1-2(4(8)9)5(10)11-6(3)12/h1,4H,(H,11,12). The molecule has 0 unspecified atom stereocenters. The van der Waals surface area contributed by atoms with Crippen LogP contribution in [0.3, 0.4) is 0 Å². The molecule has 0 atom stereocenters. The molecule has 1 heterocycles. The first-order valence-corrected chi connectivity index (χ1v) is 3.96. The molecule has 0 aliphatic carbocycles. The van der Waals surface area contributed by atoms with Crippen LogP contribution in [0.25, 0.3) is 0 Å². The quantitative estimate of drug-likeness (QED) is 0.623. The van der Waals surface area contributed by atoms with Gasteiger partial charge in [-0.2, -0.15) is 0 Å². The Hall–Kier alpha value is -0.530. The van der Waals surface area contributed by atoms with Gasteiger partial charge in [-0.25, -0.2) is 13.2 Å². The lowest BCUT2D eigenvalue weighted by molar-refractivity contribution is 0.149. The Labute approximate surface area is 78.9 Å². The molecule has 0 radical (unpaired) electrons. The van der Waals surface area contributed by atoms with E-state index in [4.69, 9.17) is 0 Å². The van der Waals surface area contributed by atoms with Crippen molar-refractivity contribution in [2.75, 3.05) is 0 Å². The smallest absolute Gasteiger partial charge is 0.284 e. The number of H-pyrrole nitrogens is 1. The number of rotatable bonds is 1. The summed E-state index contributed by atoms with van der Waals surface area (Å²) in [4.78, 5) is 12.5. The van der Waals surface area contributed by atoms with Crippen molar-refractivity contribution in [1.82, 2.24) is 4.98 Å². The summed E-state index contributed by atoms with van der Waals surface area (Å²) in [6, 6.07) is 0.547. The van der Waals surface area contributed by atoms with Gasteiger partial charge in [0.25, 0.3) is 12.0 Å². The van der Waals surface area contributed by atoms with Crippen molar-refractivity contribution in [1.29, 1.82) is 0 Å². The highest BCUT2D eigenvalue weighted by atomic mass is 127. The maximum absolute atomic E-state index is 12.4. The van der Waals surface area contributed by atoms with Gasteiger partial charge in [-0.1, -0.05) is 0 Å². The molecule has 1 rings (SSSR count). The van der Waals surface area contributed by atoms with Gasteiger partial charge in [0.05, 0.1) is 9.26 Å². The Morgan fingerprint density at radius 1 is 1.50 bits per heavy atom. The van der Waals surface area contributed by atoms with Gasteiger partial charge < -0.3 is 4.98 Å². The van der Waals surface area contributed by atoms with Crippen LogP contribution < -0.4 is 5.56 Å². The van der Waals surface area contributed by atoms with Crippen molar-refractivity contribution in [3.05, 3.63) is 31.5 Å². The summed E-state index contributed by atoms with van der Waals surface area (Å²) in [5.74, 6) is -1.19. The number of nitrogens with one attached hydrogen (secondary N) is 1. The first-order chi connectivity index (χ1) is 5.52. The molecule has 12 heavy (non-hydrogen) atoms. The molecule has 0 amide bonds. The Morgan fingerprint density at radius 3 is 2.58 bits per heavy atom. The zero-order chi connectivity index (χ0) is 9.30. The van der Waals surface area contributed by atoms with Crippen molar-refractivity contribution in [3.8, 4) is 0 Å². The van der Waals surface area contributed by atoms with Crippen LogP contribution in [0.5, 0.6) is 0 Å². The maximum atomic E-state index is 12.4. The molecule has 0 saturated heterocycles. The third-order valence-electron chi connectivity index (χ3n) is 1.21. The molecule has 1 aromatic heterocycles. The second kappa shape index (κ2) is 3.46. The van der Waals surface area contributed by atoms with E-state index in [2.05, 4.69) is 0 Å². The molecule has 0 fully saturated rings. The van der Waals surface area contributed by atoms with Gasteiger partial charge in [0.1, 0.15) is 0 Å². The largest absolute Gasteiger partial charge is 0.314 e. The molecule has 0 saturated carbocycles. The monoisotopic (exact) mass is 289 g/mol. The van der Waals surface area contributed by atoms with Crippen LogP contribution in [-0.2, 0) is 0 Å². The highest BCUT2D eigenvalue weighted by Gasteiger charge is 2.14. The molecule has 1 N–H and O–H groups in total. The molecule has 0 bridgehead atoms. The number of alkyl halides is 2. The highest BCUT2D eigenvalue weighted by molar-refractivity contribution is 14.1. The van der Waals surface area contributed by atoms with Gasteiger partial charge in [-0.15, -0.1) is 0 Å². The van der Waals surface area contributed by atoms with Crippen LogP contribution in [0.4, 0.5) is 13.2 Å². The maximum Gasteiger partial charge on any atom is 0.284 e. The molecule has 0 aliphatic heterocycles. The molecule has 0 aliphatic rings. The summed E-state index contributed by atoms with van der Waals surface area (Å²) in [6.45, 7) is 0. The van der Waals surface area contributed by atoms with Crippen LogP contribution in [0.2, 0.25) is 0 Å². The van der Waals surface area contributed by atoms with Crippen molar-refractivity contribution in [2.24, 2.45) is 0 Å². The summed E-state index contributed by atoms with van der Waals surface area (Å²) in [7, 11) is 0. The van der Waals surface area contributed by atoms with Crippen molar-refractivity contribution >= 4 is 22.6 Å². The number of halogens is 4. The summed E-state index contributed by atoms with van der Waals surface area (Å²) in [5.41, 5.74) is -1.48. The summed E-state index contributed by atoms with van der Waals surface area (Å²) in [5, 5.41) is 0. The molecular weight excluding hydrogens is 286 g/mol. The number of aromatic nitrogens is 1. The molecule has 2 nitrogen and oxygen atoms in total. The van der Waals surface area contributed by atoms with Gasteiger partial charge in [0.2, 0.25) is 0 Å². The van der Waals surface area contributed by atoms with E-state index in [0.29, 0.717) is 6.07 Å². The Kier molecular flexibility index (Phi) is 2.76. The fraction of sp³-hybridized carbons (Fsp3) is 0.167. The molecule has 0 spiro atoms. The third kappa shape index (κ3) is 1.79. The zero-order valence-corrected chi connectivity index (χ0v) is 7.73. The average molecular weight is 289 g/mol. The average Bonchev–Trinajstić information content (AvgIpc) is 1.96. The minimum atomic E-state index is -2.77. The van der Waals surface area contributed by atoms with E-state index in [0.717, 1.165) is 0 Å². The van der Waals surface area contributed by atoms with Gasteiger partial charge in [-0.05, 0) is 28.7 Å². The van der Waals surface area contributed by atoms with Crippen molar-refractivity contribution in [3.63, 3.8) is 0 Å². The fourth-order valence-electron chi connectivity index (χ4n) is 0.656. The fourth-order valence-corrected chi connectivity index (χ4v) is 1.29. The van der Waals surface area contributed by atoms with Crippen LogP contribution in [0.15, 0.2) is 10.9 Å². The Bertz CT molecular complexity index is 349. The first kappa shape index (κ1) is 9.56. The number of hydrogen-bond acceptors (Lipinski definition) is 1. The molecule has 6 heteroatoms. The minimum absolute atomic E-state index is 0.0333. The van der Waals surface area contributed by atoms with E-state index >= 15 is 0 Å². The number of aromatic amines is 1. The molecule has 1 aromatic rings. The lowest BCUT2D eigenvalue weighted by atomic mass is 10.3. The van der Waals surface area contributed by atoms with Crippen molar-refractivity contribution < 1.29 is 13.2 Å². The molecular formula is C6H3F3INO. The normalized spacial score (nSPS) is 10.8. The van der Waals surface area contributed by atoms with E-state index in [1.165, 1.54) is 22.6 Å². The predicted octanol–water partition coefficient (Wildman–Crippen LogP) is 2.06. The predicted molar refractivity (Wildman–Crippen MR) is 44.7 cm³/mol. The van der Waals surface area contributed by atoms with Crippen LogP contribution in [0.1, 0.15) is 12.0 Å². The lowest BCUT2D eigenvalue weighted by Crippen LogP contribution is -2.13. The Morgan fingerprint density at radius 2 is 2.08 bits per heavy atom. The highest BCUT2D eigenvalue weighted by Crippen LogP contribution is 2.21. The van der Waals surface area contributed by atoms with Crippen LogP contribution in [0, 0.1) is 9.52 Å². The second-order valence-electron chi connectivity index (χ2n) is 2.02. The van der Waals surface area contributed by atoms with E-state index < -0.39 is 23.4 Å². The zero-order valence-electron chi connectivity index (χ0n) is 5.57. The minimum Gasteiger partial charge on any atom is -0.314 e. The van der Waals surface area contributed by atoms with E-state index in [1.54, 1.807) is 0 Å². The van der Waals surface area contributed by atoms with E-state index in [9.17, 15) is 18.0 Å². The Balaban J connectivity index is 3.33. The first-order valence-electron chi connectivity index (χ1n) is 2.88. The van der Waals surface area contributed by atoms with Gasteiger partial charge in [0, 0.05) is 0 Å². The van der Waals surface area contributed by atoms with Gasteiger partial charge in [0.15, 0.2) is 5.82 Å². The van der Waals surface area contributed by atoms with E-state index in [1.807, 2.05) is 4.98 Å². The number of pyridine rings is 1. The lowest BCUT2D eigenvalue weighted by Gasteiger charge is -2.01. The topological polar surface area (TPSA) is 32.9 Å². The van der Waals surface area contributed by atoms with Crippen LogP contribution in [-0.4, -0.2) is 4.98 Å². The summed E-state index contributed by atoms with van der Waals surface area (Å²) < 4.78 is 36.5. The van der Waals surface area contributed by atoms with Gasteiger partial charge >= 0.3 is 0 Å². The molecule has 66 valence electrons. The van der Waals surface area contributed by atoms with Crippen molar-refractivity contribution in [2.45, 2.75) is 6.43 Å². The van der Waals surface area contributed by atoms with E-state index in [-0.39, 0.29) is 3.70 Å². The second-order valence-corrected chi connectivity index (χ2v) is 3.10. The SMILES string of the molecule is O=c1[nH]c(I)c(C(F)F)cc1F. The number of hydrogen-bond donors (Lipinski definition) is 1. The summed E-state index contributed by atoms with van der Waals surface area (Å²) in [6.07, 6.45) is -2.77. The van der Waals surface area contributed by atoms with Gasteiger partial charge in [-0.3, -0.25) is 4.79 Å².